The molecule has 0 saturated carbocycles. The summed E-state index contributed by atoms with van der Waals surface area (Å²) in [4.78, 5) is 4.51. The SMILES string of the molecule is CCc1cc2ccccc2c(CN)n1. The summed E-state index contributed by atoms with van der Waals surface area (Å²) < 4.78 is 0. The second-order valence-corrected chi connectivity index (χ2v) is 3.34. The first-order valence-electron chi connectivity index (χ1n) is 4.92. The number of benzene rings is 1. The van der Waals surface area contributed by atoms with Gasteiger partial charge in [0.2, 0.25) is 0 Å². The molecule has 72 valence electrons. The zero-order valence-corrected chi connectivity index (χ0v) is 8.33. The van der Waals surface area contributed by atoms with E-state index < -0.39 is 0 Å². The molecule has 0 saturated heterocycles. The van der Waals surface area contributed by atoms with Crippen LogP contribution in [0.2, 0.25) is 0 Å². The third-order valence-electron chi connectivity index (χ3n) is 2.43. The first-order chi connectivity index (χ1) is 6.85. The number of hydrogen-bond acceptors (Lipinski definition) is 2. The molecular formula is C12H14N2. The van der Waals surface area contributed by atoms with Gasteiger partial charge in [-0.3, -0.25) is 4.98 Å². The predicted octanol–water partition coefficient (Wildman–Crippen LogP) is 2.26. The maximum absolute atomic E-state index is 5.68. The molecule has 2 rings (SSSR count). The lowest BCUT2D eigenvalue weighted by Gasteiger charge is -2.06. The molecule has 0 aliphatic carbocycles. The minimum Gasteiger partial charge on any atom is -0.325 e. The normalized spacial score (nSPS) is 10.7. The van der Waals surface area contributed by atoms with Crippen molar-refractivity contribution in [1.82, 2.24) is 4.98 Å². The van der Waals surface area contributed by atoms with Crippen LogP contribution in [0.3, 0.4) is 0 Å². The molecule has 0 bridgehead atoms. The number of nitrogens with zero attached hydrogens (tertiary/aromatic N) is 1. The van der Waals surface area contributed by atoms with E-state index in [9.17, 15) is 0 Å². The Kier molecular flexibility index (Phi) is 2.46. The van der Waals surface area contributed by atoms with Gasteiger partial charge in [0.15, 0.2) is 0 Å². The van der Waals surface area contributed by atoms with Crippen LogP contribution in [-0.2, 0) is 13.0 Å². The summed E-state index contributed by atoms with van der Waals surface area (Å²) in [5, 5.41) is 2.41. The molecule has 1 aromatic carbocycles. The molecule has 1 heterocycles. The van der Waals surface area contributed by atoms with E-state index in [-0.39, 0.29) is 0 Å². The van der Waals surface area contributed by atoms with Crippen LogP contribution in [0, 0.1) is 0 Å². The molecule has 0 spiro atoms. The first kappa shape index (κ1) is 9.16. The maximum Gasteiger partial charge on any atom is 0.0620 e. The predicted molar refractivity (Wildman–Crippen MR) is 59.0 cm³/mol. The van der Waals surface area contributed by atoms with Gasteiger partial charge in [-0.05, 0) is 17.9 Å². The molecular weight excluding hydrogens is 172 g/mol. The van der Waals surface area contributed by atoms with Crippen LogP contribution in [0.4, 0.5) is 0 Å². The average Bonchev–Trinajstić information content (AvgIpc) is 2.27. The lowest BCUT2D eigenvalue weighted by Crippen LogP contribution is -2.02. The van der Waals surface area contributed by atoms with Crippen molar-refractivity contribution < 1.29 is 0 Å². The van der Waals surface area contributed by atoms with E-state index in [1.165, 1.54) is 10.8 Å². The molecule has 0 fully saturated rings. The van der Waals surface area contributed by atoms with Crippen LogP contribution < -0.4 is 5.73 Å². The largest absolute Gasteiger partial charge is 0.325 e. The molecule has 2 heteroatoms. The van der Waals surface area contributed by atoms with Crippen molar-refractivity contribution in [1.29, 1.82) is 0 Å². The van der Waals surface area contributed by atoms with Gasteiger partial charge in [-0.2, -0.15) is 0 Å². The summed E-state index contributed by atoms with van der Waals surface area (Å²) in [5.41, 5.74) is 7.79. The van der Waals surface area contributed by atoms with Crippen LogP contribution in [0.25, 0.3) is 10.8 Å². The minimum atomic E-state index is 0.508. The van der Waals surface area contributed by atoms with Crippen LogP contribution in [0.5, 0.6) is 0 Å². The Bertz CT molecular complexity index is 449. The lowest BCUT2D eigenvalue weighted by atomic mass is 10.1. The van der Waals surface area contributed by atoms with Crippen molar-refractivity contribution in [2.24, 2.45) is 5.73 Å². The zero-order valence-electron chi connectivity index (χ0n) is 8.33. The Balaban J connectivity index is 2.73. The van der Waals surface area contributed by atoms with Crippen molar-refractivity contribution in [2.45, 2.75) is 19.9 Å². The average molecular weight is 186 g/mol. The van der Waals surface area contributed by atoms with Crippen molar-refractivity contribution in [3.05, 3.63) is 41.7 Å². The van der Waals surface area contributed by atoms with Gasteiger partial charge in [-0.1, -0.05) is 31.2 Å². The van der Waals surface area contributed by atoms with E-state index in [0.717, 1.165) is 17.8 Å². The fourth-order valence-corrected chi connectivity index (χ4v) is 1.67. The number of aryl methyl sites for hydroxylation is 1. The van der Waals surface area contributed by atoms with Gasteiger partial charge in [0.05, 0.1) is 5.69 Å². The van der Waals surface area contributed by atoms with Crippen molar-refractivity contribution in [3.8, 4) is 0 Å². The summed E-state index contributed by atoms with van der Waals surface area (Å²) in [5.74, 6) is 0. The number of pyridine rings is 1. The van der Waals surface area contributed by atoms with Crippen LogP contribution in [-0.4, -0.2) is 4.98 Å². The molecule has 2 aromatic rings. The fourth-order valence-electron chi connectivity index (χ4n) is 1.67. The molecule has 14 heavy (non-hydrogen) atoms. The quantitative estimate of drug-likeness (QED) is 0.781. The number of aromatic nitrogens is 1. The monoisotopic (exact) mass is 186 g/mol. The Labute approximate surface area is 83.8 Å². The molecule has 0 atom stereocenters. The molecule has 1 aromatic heterocycles. The van der Waals surface area contributed by atoms with Gasteiger partial charge >= 0.3 is 0 Å². The Morgan fingerprint density at radius 3 is 2.79 bits per heavy atom. The van der Waals surface area contributed by atoms with Crippen molar-refractivity contribution in [3.63, 3.8) is 0 Å². The highest BCUT2D eigenvalue weighted by Gasteiger charge is 2.02. The van der Waals surface area contributed by atoms with E-state index in [1.54, 1.807) is 0 Å². The molecule has 0 unspecified atom stereocenters. The van der Waals surface area contributed by atoms with Crippen LogP contribution in [0.15, 0.2) is 30.3 Å². The minimum absolute atomic E-state index is 0.508. The van der Waals surface area contributed by atoms with Crippen LogP contribution >= 0.6 is 0 Å². The molecule has 0 amide bonds. The van der Waals surface area contributed by atoms with E-state index in [0.29, 0.717) is 6.54 Å². The zero-order chi connectivity index (χ0) is 9.97. The van der Waals surface area contributed by atoms with Crippen molar-refractivity contribution in [2.75, 3.05) is 0 Å². The topological polar surface area (TPSA) is 38.9 Å². The number of fused-ring (bicyclic) bond motifs is 1. The van der Waals surface area contributed by atoms with Gasteiger partial charge in [-0.15, -0.1) is 0 Å². The van der Waals surface area contributed by atoms with Gasteiger partial charge in [-0.25, -0.2) is 0 Å². The van der Waals surface area contributed by atoms with Gasteiger partial charge < -0.3 is 5.73 Å². The summed E-state index contributed by atoms with van der Waals surface area (Å²) in [6.07, 6.45) is 0.956. The van der Waals surface area contributed by atoms with Crippen molar-refractivity contribution >= 4 is 10.8 Å². The molecule has 0 radical (unpaired) electrons. The van der Waals surface area contributed by atoms with Gasteiger partial charge in [0.25, 0.3) is 0 Å². The summed E-state index contributed by atoms with van der Waals surface area (Å²) in [7, 11) is 0. The molecule has 2 nitrogen and oxygen atoms in total. The Morgan fingerprint density at radius 1 is 1.29 bits per heavy atom. The van der Waals surface area contributed by atoms with Crippen LogP contribution in [0.1, 0.15) is 18.3 Å². The standard InChI is InChI=1S/C12H14N2/c1-2-10-7-9-5-3-4-6-11(9)12(8-13)14-10/h3-7H,2,8,13H2,1H3. The van der Waals surface area contributed by atoms with Gasteiger partial charge in [0, 0.05) is 17.6 Å². The third-order valence-corrected chi connectivity index (χ3v) is 2.43. The highest BCUT2D eigenvalue weighted by Crippen LogP contribution is 2.18. The summed E-state index contributed by atoms with van der Waals surface area (Å²) in [6, 6.07) is 10.4. The highest BCUT2D eigenvalue weighted by molar-refractivity contribution is 5.84. The molecule has 0 aliphatic heterocycles. The fraction of sp³-hybridized carbons (Fsp3) is 0.250. The number of hydrogen-bond donors (Lipinski definition) is 1. The summed E-state index contributed by atoms with van der Waals surface area (Å²) in [6.45, 7) is 2.62. The third kappa shape index (κ3) is 1.49. The Hall–Kier alpha value is -1.41. The van der Waals surface area contributed by atoms with E-state index in [1.807, 2.05) is 12.1 Å². The van der Waals surface area contributed by atoms with E-state index in [2.05, 4.69) is 30.1 Å². The smallest absolute Gasteiger partial charge is 0.0620 e. The number of nitrogens with two attached hydrogens (primary N) is 1. The maximum atomic E-state index is 5.68. The highest BCUT2D eigenvalue weighted by atomic mass is 14.7. The van der Waals surface area contributed by atoms with E-state index in [4.69, 9.17) is 5.73 Å². The van der Waals surface area contributed by atoms with E-state index >= 15 is 0 Å². The van der Waals surface area contributed by atoms with Gasteiger partial charge in [0.1, 0.15) is 0 Å². The lowest BCUT2D eigenvalue weighted by molar-refractivity contribution is 0.949. The second kappa shape index (κ2) is 3.76. The first-order valence-corrected chi connectivity index (χ1v) is 4.92. The summed E-state index contributed by atoms with van der Waals surface area (Å²) >= 11 is 0. The Morgan fingerprint density at radius 2 is 2.07 bits per heavy atom. The molecule has 2 N–H and O–H groups in total. The number of rotatable bonds is 2. The molecule has 0 aliphatic rings. The second-order valence-electron chi connectivity index (χ2n) is 3.34.